The molecule has 0 unspecified atom stereocenters. The predicted octanol–water partition coefficient (Wildman–Crippen LogP) is 1.69. The highest BCUT2D eigenvalue weighted by atomic mass is 127. The van der Waals surface area contributed by atoms with E-state index in [1.54, 1.807) is 29.0 Å². The number of esters is 1. The molecule has 5 nitrogen and oxygen atoms in total. The number of aryl methyl sites for hydroxylation is 1. The van der Waals surface area contributed by atoms with Crippen molar-refractivity contribution in [3.63, 3.8) is 0 Å². The summed E-state index contributed by atoms with van der Waals surface area (Å²) in [6, 6.07) is 0. The van der Waals surface area contributed by atoms with Gasteiger partial charge in [-0.1, -0.05) is 0 Å². The Bertz CT molecular complexity index is 359. The normalized spacial score (nSPS) is 10.8. The molecule has 14 heavy (non-hydrogen) atoms. The Labute approximate surface area is 95.3 Å². The van der Waals surface area contributed by atoms with Gasteiger partial charge < -0.3 is 9.30 Å². The Balaban J connectivity index is 2.92. The number of aromatic nitrogens is 2. The van der Waals surface area contributed by atoms with E-state index in [2.05, 4.69) is 9.98 Å². The van der Waals surface area contributed by atoms with Gasteiger partial charge in [0.15, 0.2) is 5.82 Å². The lowest BCUT2D eigenvalue weighted by molar-refractivity contribution is 0.0508. The van der Waals surface area contributed by atoms with Gasteiger partial charge in [-0.25, -0.2) is 14.8 Å². The molecular formula is C8H10IN3O2. The van der Waals surface area contributed by atoms with Gasteiger partial charge in [0.1, 0.15) is 0 Å². The lowest BCUT2D eigenvalue weighted by Gasteiger charge is -1.99. The second-order valence-corrected chi connectivity index (χ2v) is 3.04. The summed E-state index contributed by atoms with van der Waals surface area (Å²) in [4.78, 5) is 19.3. The summed E-state index contributed by atoms with van der Waals surface area (Å²) in [6.07, 6.45) is 1.67. The largest absolute Gasteiger partial charge is 0.460 e. The maximum absolute atomic E-state index is 11.3. The molecule has 0 aliphatic rings. The van der Waals surface area contributed by atoms with Gasteiger partial charge in [0.25, 0.3) is 0 Å². The van der Waals surface area contributed by atoms with Crippen molar-refractivity contribution in [3.8, 4) is 0 Å². The molecule has 1 heterocycles. The first-order valence-corrected chi connectivity index (χ1v) is 5.26. The number of rotatable bonds is 3. The molecule has 0 atom stereocenters. The van der Waals surface area contributed by atoms with Crippen LogP contribution in [0, 0.1) is 0 Å². The molecular weight excluding hydrogens is 297 g/mol. The summed E-state index contributed by atoms with van der Waals surface area (Å²) in [5.41, 5.74) is 0. The van der Waals surface area contributed by atoms with Gasteiger partial charge in [-0.3, -0.25) is 0 Å². The van der Waals surface area contributed by atoms with Crippen molar-refractivity contribution in [3.05, 3.63) is 12.0 Å². The Hall–Kier alpha value is -0.920. The molecule has 0 fully saturated rings. The van der Waals surface area contributed by atoms with E-state index < -0.39 is 5.97 Å². The number of hydrogen-bond donors (Lipinski definition) is 0. The zero-order valence-corrected chi connectivity index (χ0v) is 10.1. The topological polar surface area (TPSA) is 56.5 Å². The minimum absolute atomic E-state index is 0.267. The minimum atomic E-state index is -0.426. The Morgan fingerprint density at radius 3 is 3.14 bits per heavy atom. The van der Waals surface area contributed by atoms with Crippen LogP contribution in [0.2, 0.25) is 0 Å². The summed E-state index contributed by atoms with van der Waals surface area (Å²) in [5.74, 6) is 0.346. The lowest BCUT2D eigenvalue weighted by Crippen LogP contribution is -2.10. The average molecular weight is 307 g/mol. The van der Waals surface area contributed by atoms with E-state index in [0.29, 0.717) is 12.4 Å². The van der Waals surface area contributed by atoms with E-state index in [1.165, 1.54) is 0 Å². The zero-order chi connectivity index (χ0) is 10.6. The van der Waals surface area contributed by atoms with Crippen LogP contribution < -0.4 is 0 Å². The average Bonchev–Trinajstić information content (AvgIpc) is 2.48. The molecule has 0 aliphatic heterocycles. The van der Waals surface area contributed by atoms with Crippen molar-refractivity contribution in [1.29, 1.82) is 0 Å². The number of hydrogen-bond acceptors (Lipinski definition) is 4. The number of nitrogens with zero attached hydrogens (tertiary/aromatic N) is 3. The van der Waals surface area contributed by atoms with Crippen LogP contribution in [0.25, 0.3) is 0 Å². The maximum atomic E-state index is 11.3. The molecule has 0 spiro atoms. The number of imidazole rings is 1. The molecule has 1 aromatic heterocycles. The fraction of sp³-hybridized carbons (Fsp3) is 0.375. The van der Waals surface area contributed by atoms with E-state index in [0.717, 1.165) is 0 Å². The molecule has 1 aromatic rings. The predicted molar refractivity (Wildman–Crippen MR) is 61.3 cm³/mol. The molecule has 0 aromatic carbocycles. The third kappa shape index (κ3) is 2.53. The van der Waals surface area contributed by atoms with Gasteiger partial charge in [-0.15, -0.1) is 0 Å². The molecule has 0 saturated heterocycles. The van der Waals surface area contributed by atoms with Gasteiger partial charge in [0, 0.05) is 7.05 Å². The summed E-state index contributed by atoms with van der Waals surface area (Å²) < 4.78 is 8.01. The smallest absolute Gasteiger partial charge is 0.374 e. The van der Waals surface area contributed by atoms with Crippen LogP contribution in [0.15, 0.2) is 11.2 Å². The molecule has 0 aliphatic carbocycles. The van der Waals surface area contributed by atoms with E-state index in [4.69, 9.17) is 4.74 Å². The molecule has 0 bridgehead atoms. The summed E-state index contributed by atoms with van der Waals surface area (Å²) >= 11 is 1.99. The molecule has 0 amide bonds. The first-order chi connectivity index (χ1) is 6.69. The SMILES string of the molecule is CCOC(=O)c1nc(/N=C\I)cn1C. The van der Waals surface area contributed by atoms with Crippen LogP contribution in [-0.4, -0.2) is 26.3 Å². The molecule has 0 N–H and O–H groups in total. The first kappa shape index (κ1) is 11.2. The van der Waals surface area contributed by atoms with Crippen molar-refractivity contribution < 1.29 is 9.53 Å². The van der Waals surface area contributed by atoms with Crippen LogP contribution in [0.4, 0.5) is 5.82 Å². The van der Waals surface area contributed by atoms with Crippen molar-refractivity contribution >= 4 is 38.6 Å². The van der Waals surface area contributed by atoms with Crippen LogP contribution in [-0.2, 0) is 11.8 Å². The number of carbonyl (C=O) groups is 1. The van der Waals surface area contributed by atoms with Crippen LogP contribution in [0.3, 0.4) is 0 Å². The third-order valence-electron chi connectivity index (χ3n) is 1.50. The van der Waals surface area contributed by atoms with E-state index in [-0.39, 0.29) is 5.82 Å². The van der Waals surface area contributed by atoms with Gasteiger partial charge in [0.05, 0.1) is 17.0 Å². The quantitative estimate of drug-likeness (QED) is 0.485. The van der Waals surface area contributed by atoms with E-state index in [9.17, 15) is 4.79 Å². The number of aliphatic imine (C=N–C) groups is 1. The van der Waals surface area contributed by atoms with Gasteiger partial charge in [-0.2, -0.15) is 0 Å². The first-order valence-electron chi connectivity index (χ1n) is 4.02. The van der Waals surface area contributed by atoms with Crippen LogP contribution >= 0.6 is 22.6 Å². The Morgan fingerprint density at radius 1 is 1.86 bits per heavy atom. The van der Waals surface area contributed by atoms with Crippen molar-refractivity contribution in [2.75, 3.05) is 6.61 Å². The highest BCUT2D eigenvalue weighted by Crippen LogP contribution is 2.11. The monoisotopic (exact) mass is 307 g/mol. The van der Waals surface area contributed by atoms with Gasteiger partial charge >= 0.3 is 5.97 Å². The van der Waals surface area contributed by atoms with Gasteiger partial charge in [0.2, 0.25) is 5.82 Å². The van der Waals surface area contributed by atoms with Crippen LogP contribution in [0.1, 0.15) is 17.5 Å². The number of ether oxygens (including phenoxy) is 1. The zero-order valence-electron chi connectivity index (χ0n) is 7.90. The highest BCUT2D eigenvalue weighted by molar-refractivity contribution is 14.1. The Morgan fingerprint density at radius 2 is 2.57 bits per heavy atom. The number of halogens is 1. The molecule has 0 saturated carbocycles. The maximum Gasteiger partial charge on any atom is 0.374 e. The third-order valence-corrected chi connectivity index (χ3v) is 1.78. The van der Waals surface area contributed by atoms with Crippen LogP contribution in [0.5, 0.6) is 0 Å². The summed E-state index contributed by atoms with van der Waals surface area (Å²) in [6.45, 7) is 2.10. The Kier molecular flexibility index (Phi) is 4.05. The van der Waals surface area contributed by atoms with Crippen molar-refractivity contribution in [2.45, 2.75) is 6.92 Å². The second-order valence-electron chi connectivity index (χ2n) is 2.48. The van der Waals surface area contributed by atoms with E-state index in [1.807, 2.05) is 22.6 Å². The lowest BCUT2D eigenvalue weighted by atomic mass is 10.6. The molecule has 1 rings (SSSR count). The summed E-state index contributed by atoms with van der Waals surface area (Å²) in [5, 5.41) is 0. The highest BCUT2D eigenvalue weighted by Gasteiger charge is 2.13. The fourth-order valence-corrected chi connectivity index (χ4v) is 1.23. The minimum Gasteiger partial charge on any atom is -0.460 e. The second kappa shape index (κ2) is 5.08. The van der Waals surface area contributed by atoms with E-state index >= 15 is 0 Å². The summed E-state index contributed by atoms with van der Waals surface area (Å²) in [7, 11) is 1.73. The molecule has 76 valence electrons. The van der Waals surface area contributed by atoms with Crippen molar-refractivity contribution in [1.82, 2.24) is 9.55 Å². The molecule has 6 heteroatoms. The number of carbonyl (C=O) groups excluding carboxylic acids is 1. The van der Waals surface area contributed by atoms with Crippen molar-refractivity contribution in [2.24, 2.45) is 12.0 Å². The molecule has 0 radical (unpaired) electrons. The van der Waals surface area contributed by atoms with Gasteiger partial charge in [-0.05, 0) is 29.5 Å². The fourth-order valence-electron chi connectivity index (χ4n) is 0.948. The standard InChI is InChI=1S/C8H10IN3O2/c1-3-14-8(13)7-11-6(10-5-9)4-12(7)2/h4-5H,3H2,1-2H3/b10-5-.